The molecule has 0 N–H and O–H groups in total. The van der Waals surface area contributed by atoms with Crippen LogP contribution >= 0.6 is 0 Å². The molecular formula is C14H24NO+. The zero-order valence-corrected chi connectivity index (χ0v) is 10.8. The van der Waals surface area contributed by atoms with Gasteiger partial charge in [-0.2, -0.15) is 0 Å². The van der Waals surface area contributed by atoms with E-state index < -0.39 is 0 Å². The van der Waals surface area contributed by atoms with Gasteiger partial charge in [0.1, 0.15) is 5.75 Å². The largest absolute Gasteiger partial charge is 0.493 e. The Hall–Kier alpha value is -1.02. The molecule has 0 atom stereocenters. The van der Waals surface area contributed by atoms with Crippen molar-refractivity contribution in [3.05, 3.63) is 30.3 Å². The molecule has 0 aliphatic carbocycles. The average molecular weight is 222 g/mol. The number of benzene rings is 1. The molecule has 2 heteroatoms. The van der Waals surface area contributed by atoms with Gasteiger partial charge in [-0.05, 0) is 26.0 Å². The van der Waals surface area contributed by atoms with Crippen LogP contribution in [0.5, 0.6) is 5.75 Å². The third-order valence-corrected chi connectivity index (χ3v) is 3.38. The molecule has 0 amide bonds. The molecular weight excluding hydrogens is 198 g/mol. The molecule has 16 heavy (non-hydrogen) atoms. The Balaban J connectivity index is 2.22. The lowest BCUT2D eigenvalue weighted by Crippen LogP contribution is -2.44. The molecule has 1 rings (SSSR count). The third-order valence-electron chi connectivity index (χ3n) is 3.38. The van der Waals surface area contributed by atoms with Crippen LogP contribution in [0.2, 0.25) is 0 Å². The lowest BCUT2D eigenvalue weighted by atomic mass is 10.3. The van der Waals surface area contributed by atoms with Crippen molar-refractivity contribution in [3.8, 4) is 5.75 Å². The monoisotopic (exact) mass is 222 g/mol. The maximum Gasteiger partial charge on any atom is 0.119 e. The Morgan fingerprint density at radius 3 is 2.25 bits per heavy atom. The smallest absolute Gasteiger partial charge is 0.119 e. The van der Waals surface area contributed by atoms with E-state index in [-0.39, 0.29) is 0 Å². The SMILES string of the molecule is CC[N+](C)(CC)CCCOc1ccccc1. The summed E-state index contributed by atoms with van der Waals surface area (Å²) < 4.78 is 6.82. The van der Waals surface area contributed by atoms with Crippen molar-refractivity contribution in [1.29, 1.82) is 0 Å². The lowest BCUT2D eigenvalue weighted by Gasteiger charge is -2.32. The van der Waals surface area contributed by atoms with Gasteiger partial charge in [-0.3, -0.25) is 0 Å². The summed E-state index contributed by atoms with van der Waals surface area (Å²) in [6, 6.07) is 10.0. The Labute approximate surface area is 99.4 Å². The van der Waals surface area contributed by atoms with Crippen LogP contribution in [-0.2, 0) is 0 Å². The van der Waals surface area contributed by atoms with Gasteiger partial charge in [0.2, 0.25) is 0 Å². The predicted molar refractivity (Wildman–Crippen MR) is 68.7 cm³/mol. The van der Waals surface area contributed by atoms with E-state index in [0.29, 0.717) is 0 Å². The number of ether oxygens (including phenoxy) is 1. The van der Waals surface area contributed by atoms with Crippen molar-refractivity contribution in [2.75, 3.05) is 33.3 Å². The van der Waals surface area contributed by atoms with Gasteiger partial charge >= 0.3 is 0 Å². The molecule has 0 saturated heterocycles. The van der Waals surface area contributed by atoms with Gasteiger partial charge in [0.15, 0.2) is 0 Å². The van der Waals surface area contributed by atoms with Crippen molar-refractivity contribution < 1.29 is 9.22 Å². The Morgan fingerprint density at radius 1 is 1.06 bits per heavy atom. The van der Waals surface area contributed by atoms with Gasteiger partial charge in [0.25, 0.3) is 0 Å². The van der Waals surface area contributed by atoms with E-state index in [0.717, 1.165) is 23.3 Å². The number of rotatable bonds is 7. The summed E-state index contributed by atoms with van der Waals surface area (Å²) in [7, 11) is 2.31. The van der Waals surface area contributed by atoms with Crippen LogP contribution < -0.4 is 4.74 Å². The van der Waals surface area contributed by atoms with E-state index in [1.807, 2.05) is 30.3 Å². The Kier molecular flexibility index (Phi) is 5.33. The van der Waals surface area contributed by atoms with Gasteiger partial charge in [-0.25, -0.2) is 0 Å². The molecule has 0 unspecified atom stereocenters. The van der Waals surface area contributed by atoms with Crippen LogP contribution in [0.3, 0.4) is 0 Å². The van der Waals surface area contributed by atoms with Crippen LogP contribution in [0.15, 0.2) is 30.3 Å². The molecule has 0 fully saturated rings. The molecule has 0 heterocycles. The molecule has 1 aromatic rings. The Morgan fingerprint density at radius 2 is 1.69 bits per heavy atom. The van der Waals surface area contributed by atoms with Crippen molar-refractivity contribution in [2.45, 2.75) is 20.3 Å². The normalized spacial score (nSPS) is 11.4. The molecule has 0 bridgehead atoms. The second kappa shape index (κ2) is 6.54. The van der Waals surface area contributed by atoms with Crippen LogP contribution in [0.25, 0.3) is 0 Å². The highest BCUT2D eigenvalue weighted by Crippen LogP contribution is 2.09. The number of nitrogens with zero attached hydrogens (tertiary/aromatic N) is 1. The first-order valence-corrected chi connectivity index (χ1v) is 6.21. The van der Waals surface area contributed by atoms with E-state index in [9.17, 15) is 0 Å². The molecule has 1 aromatic carbocycles. The predicted octanol–water partition coefficient (Wildman–Crippen LogP) is 2.94. The van der Waals surface area contributed by atoms with E-state index in [4.69, 9.17) is 4.74 Å². The molecule has 0 radical (unpaired) electrons. The maximum atomic E-state index is 5.68. The molecule has 90 valence electrons. The summed E-state index contributed by atoms with van der Waals surface area (Å²) >= 11 is 0. The van der Waals surface area contributed by atoms with E-state index >= 15 is 0 Å². The summed E-state index contributed by atoms with van der Waals surface area (Å²) in [6.07, 6.45) is 1.12. The second-order valence-corrected chi connectivity index (χ2v) is 4.49. The first kappa shape index (κ1) is 13.0. The van der Waals surface area contributed by atoms with Crippen molar-refractivity contribution >= 4 is 0 Å². The minimum atomic E-state index is 0.817. The van der Waals surface area contributed by atoms with Crippen molar-refractivity contribution in [3.63, 3.8) is 0 Å². The first-order valence-electron chi connectivity index (χ1n) is 6.21. The summed E-state index contributed by atoms with van der Waals surface area (Å²) in [6.45, 7) is 8.91. The van der Waals surface area contributed by atoms with E-state index in [1.54, 1.807) is 0 Å². The van der Waals surface area contributed by atoms with E-state index in [1.165, 1.54) is 19.6 Å². The number of hydrogen-bond acceptors (Lipinski definition) is 1. The van der Waals surface area contributed by atoms with E-state index in [2.05, 4.69) is 20.9 Å². The number of quaternary nitrogens is 1. The molecule has 0 spiro atoms. The van der Waals surface area contributed by atoms with Gasteiger partial charge in [0, 0.05) is 6.42 Å². The maximum absolute atomic E-state index is 5.68. The minimum Gasteiger partial charge on any atom is -0.493 e. The molecule has 0 aliphatic rings. The molecule has 0 saturated carbocycles. The highest BCUT2D eigenvalue weighted by atomic mass is 16.5. The van der Waals surface area contributed by atoms with Gasteiger partial charge in [-0.1, -0.05) is 18.2 Å². The minimum absolute atomic E-state index is 0.817. The summed E-state index contributed by atoms with van der Waals surface area (Å²) in [5.74, 6) is 0.977. The van der Waals surface area contributed by atoms with Gasteiger partial charge in [-0.15, -0.1) is 0 Å². The highest BCUT2D eigenvalue weighted by molar-refractivity contribution is 5.20. The zero-order valence-electron chi connectivity index (χ0n) is 10.8. The zero-order chi connectivity index (χ0) is 11.9. The fourth-order valence-corrected chi connectivity index (χ4v) is 1.69. The fourth-order valence-electron chi connectivity index (χ4n) is 1.69. The second-order valence-electron chi connectivity index (χ2n) is 4.49. The third kappa shape index (κ3) is 4.23. The van der Waals surface area contributed by atoms with Crippen LogP contribution in [0.4, 0.5) is 0 Å². The first-order chi connectivity index (χ1) is 7.70. The summed E-state index contributed by atoms with van der Waals surface area (Å²) in [4.78, 5) is 0. The van der Waals surface area contributed by atoms with Crippen LogP contribution in [-0.4, -0.2) is 37.8 Å². The fraction of sp³-hybridized carbons (Fsp3) is 0.571. The number of hydrogen-bond donors (Lipinski definition) is 0. The van der Waals surface area contributed by atoms with Gasteiger partial charge in [0.05, 0.1) is 33.3 Å². The van der Waals surface area contributed by atoms with Gasteiger partial charge < -0.3 is 9.22 Å². The molecule has 0 aromatic heterocycles. The Bertz CT molecular complexity index is 280. The summed E-state index contributed by atoms with van der Waals surface area (Å²) in [5, 5.41) is 0. The van der Waals surface area contributed by atoms with Crippen LogP contribution in [0, 0.1) is 0 Å². The van der Waals surface area contributed by atoms with Crippen molar-refractivity contribution in [1.82, 2.24) is 0 Å². The van der Waals surface area contributed by atoms with Crippen molar-refractivity contribution in [2.24, 2.45) is 0 Å². The molecule has 2 nitrogen and oxygen atoms in total. The quantitative estimate of drug-likeness (QED) is 0.509. The number of para-hydroxylation sites is 1. The lowest BCUT2D eigenvalue weighted by molar-refractivity contribution is -0.906. The average Bonchev–Trinajstić information content (AvgIpc) is 2.36. The topological polar surface area (TPSA) is 9.23 Å². The standard InChI is InChI=1S/C14H24NO/c1-4-15(3,5-2)12-9-13-16-14-10-7-6-8-11-14/h6-8,10-11H,4-5,9,12-13H2,1-3H3/q+1. The van der Waals surface area contributed by atoms with Crippen LogP contribution in [0.1, 0.15) is 20.3 Å². The summed E-state index contributed by atoms with van der Waals surface area (Å²) in [5.41, 5.74) is 0. The molecule has 0 aliphatic heterocycles. The highest BCUT2D eigenvalue weighted by Gasteiger charge is 2.15.